The third-order valence-corrected chi connectivity index (χ3v) is 5.41. The highest BCUT2D eigenvalue weighted by molar-refractivity contribution is 6.31. The van der Waals surface area contributed by atoms with Crippen LogP contribution in [0.1, 0.15) is 35.1 Å². The number of benzene rings is 2. The van der Waals surface area contributed by atoms with Gasteiger partial charge in [-0.05, 0) is 53.4 Å². The molecule has 102 valence electrons. The molecule has 1 nitrogen and oxygen atoms in total. The molecular weight excluding hydrogens is 266 g/mol. The number of rotatable bonds is 2. The standard InChI is InChI=1S/C18H18ClN/c19-15-8-4-3-7-13(15)18(20)17-14-10-9-11-5-1-2-6-12(11)16(14)17/h1-8,14,16-18H,9-10,20H2. The van der Waals surface area contributed by atoms with Crippen LogP contribution in [0.25, 0.3) is 0 Å². The number of fused-ring (bicyclic) bond motifs is 3. The minimum atomic E-state index is 0.0601. The molecule has 0 amide bonds. The molecule has 2 aromatic rings. The zero-order valence-corrected chi connectivity index (χ0v) is 12.1. The molecule has 4 rings (SSSR count). The van der Waals surface area contributed by atoms with Crippen molar-refractivity contribution >= 4 is 11.6 Å². The van der Waals surface area contributed by atoms with Gasteiger partial charge in [-0.2, -0.15) is 0 Å². The van der Waals surface area contributed by atoms with E-state index in [4.69, 9.17) is 17.3 Å². The summed E-state index contributed by atoms with van der Waals surface area (Å²) in [7, 11) is 0. The van der Waals surface area contributed by atoms with Crippen molar-refractivity contribution in [3.63, 3.8) is 0 Å². The van der Waals surface area contributed by atoms with Crippen molar-refractivity contribution in [2.75, 3.05) is 0 Å². The molecule has 1 saturated carbocycles. The quantitative estimate of drug-likeness (QED) is 0.873. The Kier molecular flexibility index (Phi) is 2.87. The Morgan fingerprint density at radius 1 is 1.05 bits per heavy atom. The molecule has 2 aliphatic rings. The van der Waals surface area contributed by atoms with E-state index in [0.29, 0.717) is 11.8 Å². The summed E-state index contributed by atoms with van der Waals surface area (Å²) in [5.74, 6) is 1.95. The molecule has 20 heavy (non-hydrogen) atoms. The number of hydrogen-bond acceptors (Lipinski definition) is 1. The minimum absolute atomic E-state index is 0.0601. The first-order valence-electron chi connectivity index (χ1n) is 7.35. The van der Waals surface area contributed by atoms with Gasteiger partial charge >= 0.3 is 0 Å². The second-order valence-electron chi connectivity index (χ2n) is 6.05. The van der Waals surface area contributed by atoms with Gasteiger partial charge in [0.1, 0.15) is 0 Å². The predicted molar refractivity (Wildman–Crippen MR) is 82.9 cm³/mol. The Hall–Kier alpha value is -1.31. The van der Waals surface area contributed by atoms with E-state index in [-0.39, 0.29) is 6.04 Å². The van der Waals surface area contributed by atoms with Gasteiger partial charge in [-0.25, -0.2) is 0 Å². The van der Waals surface area contributed by atoms with Crippen LogP contribution in [0.5, 0.6) is 0 Å². The number of aryl methyl sites for hydroxylation is 1. The number of halogens is 1. The summed E-state index contributed by atoms with van der Waals surface area (Å²) < 4.78 is 0. The maximum absolute atomic E-state index is 6.53. The first-order chi connectivity index (χ1) is 9.77. The van der Waals surface area contributed by atoms with Gasteiger partial charge in [-0.1, -0.05) is 54.1 Å². The zero-order valence-electron chi connectivity index (χ0n) is 11.3. The summed E-state index contributed by atoms with van der Waals surface area (Å²) >= 11 is 6.31. The van der Waals surface area contributed by atoms with Gasteiger partial charge in [0.05, 0.1) is 0 Å². The molecule has 0 heterocycles. The lowest BCUT2D eigenvalue weighted by atomic mass is 9.92. The van der Waals surface area contributed by atoms with Crippen LogP contribution in [-0.2, 0) is 6.42 Å². The van der Waals surface area contributed by atoms with Crippen LogP contribution in [0.15, 0.2) is 48.5 Å². The van der Waals surface area contributed by atoms with Gasteiger partial charge in [-0.3, -0.25) is 0 Å². The van der Waals surface area contributed by atoms with Crippen molar-refractivity contribution in [3.8, 4) is 0 Å². The molecule has 0 radical (unpaired) electrons. The fourth-order valence-electron chi connectivity index (χ4n) is 4.06. The van der Waals surface area contributed by atoms with Gasteiger partial charge in [0.15, 0.2) is 0 Å². The van der Waals surface area contributed by atoms with Crippen molar-refractivity contribution in [1.82, 2.24) is 0 Å². The maximum atomic E-state index is 6.53. The molecule has 0 aromatic heterocycles. The van der Waals surface area contributed by atoms with Crippen molar-refractivity contribution in [3.05, 3.63) is 70.2 Å². The van der Waals surface area contributed by atoms with E-state index in [9.17, 15) is 0 Å². The van der Waals surface area contributed by atoms with Crippen molar-refractivity contribution < 1.29 is 0 Å². The zero-order chi connectivity index (χ0) is 13.7. The van der Waals surface area contributed by atoms with Gasteiger partial charge in [0, 0.05) is 11.1 Å². The fourth-order valence-corrected chi connectivity index (χ4v) is 4.32. The Bertz CT molecular complexity index is 651. The van der Waals surface area contributed by atoms with Crippen LogP contribution in [0, 0.1) is 11.8 Å². The van der Waals surface area contributed by atoms with Crippen LogP contribution in [0.3, 0.4) is 0 Å². The van der Waals surface area contributed by atoms with Crippen LogP contribution in [-0.4, -0.2) is 0 Å². The lowest BCUT2D eigenvalue weighted by molar-refractivity contribution is 0.555. The third kappa shape index (κ3) is 1.81. The van der Waals surface area contributed by atoms with E-state index in [1.807, 2.05) is 18.2 Å². The predicted octanol–water partition coefficient (Wildman–Crippen LogP) is 4.32. The molecule has 4 unspecified atom stereocenters. The summed E-state index contributed by atoms with van der Waals surface area (Å²) in [6.45, 7) is 0. The lowest BCUT2D eigenvalue weighted by Crippen LogP contribution is -2.14. The van der Waals surface area contributed by atoms with E-state index in [2.05, 4.69) is 30.3 Å². The average Bonchev–Trinajstić information content (AvgIpc) is 3.22. The van der Waals surface area contributed by atoms with Crippen molar-refractivity contribution in [2.45, 2.75) is 24.8 Å². The van der Waals surface area contributed by atoms with Gasteiger partial charge in [0.25, 0.3) is 0 Å². The molecular formula is C18H18ClN. The van der Waals surface area contributed by atoms with Gasteiger partial charge in [-0.15, -0.1) is 0 Å². The molecule has 4 atom stereocenters. The Morgan fingerprint density at radius 3 is 2.65 bits per heavy atom. The van der Waals surface area contributed by atoms with E-state index in [1.54, 1.807) is 0 Å². The molecule has 0 bridgehead atoms. The molecule has 2 aliphatic carbocycles. The molecule has 0 spiro atoms. The summed E-state index contributed by atoms with van der Waals surface area (Å²) in [6.07, 6.45) is 2.47. The average molecular weight is 284 g/mol. The monoisotopic (exact) mass is 283 g/mol. The lowest BCUT2D eigenvalue weighted by Gasteiger charge is -2.14. The highest BCUT2D eigenvalue weighted by Crippen LogP contribution is 2.63. The summed E-state index contributed by atoms with van der Waals surface area (Å²) in [5.41, 5.74) is 10.7. The Morgan fingerprint density at radius 2 is 1.80 bits per heavy atom. The second-order valence-corrected chi connectivity index (χ2v) is 6.46. The molecule has 2 heteroatoms. The van der Waals surface area contributed by atoms with Crippen LogP contribution < -0.4 is 5.73 Å². The summed E-state index contributed by atoms with van der Waals surface area (Å²) in [4.78, 5) is 0. The highest BCUT2D eigenvalue weighted by Gasteiger charge is 2.55. The summed E-state index contributed by atoms with van der Waals surface area (Å²) in [6, 6.07) is 16.9. The fraction of sp³-hybridized carbons (Fsp3) is 0.333. The number of nitrogens with two attached hydrogens (primary N) is 1. The van der Waals surface area contributed by atoms with E-state index < -0.39 is 0 Å². The molecule has 1 fully saturated rings. The first-order valence-corrected chi connectivity index (χ1v) is 7.73. The van der Waals surface area contributed by atoms with Gasteiger partial charge in [0.2, 0.25) is 0 Å². The van der Waals surface area contributed by atoms with Crippen molar-refractivity contribution in [1.29, 1.82) is 0 Å². The summed E-state index contributed by atoms with van der Waals surface area (Å²) in [5, 5.41) is 0.803. The van der Waals surface area contributed by atoms with E-state index in [1.165, 1.54) is 24.0 Å². The molecule has 2 aromatic carbocycles. The normalized spacial score (nSPS) is 28.4. The van der Waals surface area contributed by atoms with Crippen LogP contribution in [0.2, 0.25) is 5.02 Å². The smallest absolute Gasteiger partial charge is 0.0453 e. The molecule has 2 N–H and O–H groups in total. The topological polar surface area (TPSA) is 26.0 Å². The van der Waals surface area contributed by atoms with E-state index >= 15 is 0 Å². The number of hydrogen-bond donors (Lipinski definition) is 1. The largest absolute Gasteiger partial charge is 0.324 e. The SMILES string of the molecule is NC(c1ccccc1Cl)C1C2CCc3ccccc3C21. The molecule has 0 aliphatic heterocycles. The first kappa shape index (κ1) is 12.4. The maximum Gasteiger partial charge on any atom is 0.0453 e. The minimum Gasteiger partial charge on any atom is -0.324 e. The Labute approximate surface area is 124 Å². The third-order valence-electron chi connectivity index (χ3n) is 5.07. The van der Waals surface area contributed by atoms with Gasteiger partial charge < -0.3 is 5.73 Å². The molecule has 0 saturated heterocycles. The highest BCUT2D eigenvalue weighted by atomic mass is 35.5. The Balaban J connectivity index is 1.66. The van der Waals surface area contributed by atoms with E-state index in [0.717, 1.165) is 16.5 Å². The van der Waals surface area contributed by atoms with Crippen LogP contribution in [0.4, 0.5) is 0 Å². The second kappa shape index (κ2) is 4.61. The van der Waals surface area contributed by atoms with Crippen molar-refractivity contribution in [2.24, 2.45) is 17.6 Å². The van der Waals surface area contributed by atoms with Crippen LogP contribution >= 0.6 is 11.6 Å².